The zero-order valence-electron chi connectivity index (χ0n) is 17.4. The highest BCUT2D eigenvalue weighted by Crippen LogP contribution is 2.30. The molecule has 156 valence electrons. The minimum Gasteiger partial charge on any atom is -0.362 e. The first-order chi connectivity index (χ1) is 14.7. The number of rotatable bonds is 6. The quantitative estimate of drug-likeness (QED) is 0.340. The van der Waals surface area contributed by atoms with Crippen LogP contribution >= 0.6 is 11.6 Å². The molecule has 4 nitrogen and oxygen atoms in total. The number of aromatic amines is 1. The normalized spacial score (nSPS) is 16.3. The van der Waals surface area contributed by atoms with E-state index in [1.807, 2.05) is 24.3 Å². The molecule has 2 aromatic carbocycles. The zero-order chi connectivity index (χ0) is 20.8. The first-order valence-corrected chi connectivity index (χ1v) is 11.2. The van der Waals surface area contributed by atoms with E-state index >= 15 is 0 Å². The van der Waals surface area contributed by atoms with Gasteiger partial charge < -0.3 is 14.6 Å². The number of nitrogens with one attached hydrogen (secondary N) is 1. The van der Waals surface area contributed by atoms with Crippen LogP contribution in [0.3, 0.4) is 0 Å². The predicted octanol–water partition coefficient (Wildman–Crippen LogP) is 5.13. The summed E-state index contributed by atoms with van der Waals surface area (Å²) >= 11 is 5.76. The van der Waals surface area contributed by atoms with Crippen molar-refractivity contribution < 1.29 is 4.74 Å². The number of hydrogen-bond acceptors (Lipinski definition) is 3. The molecule has 0 saturated carbocycles. The molecule has 1 aliphatic rings. The number of hydrogen-bond donors (Lipinski definition) is 1. The van der Waals surface area contributed by atoms with Crippen LogP contribution in [0.1, 0.15) is 48.7 Å². The molecule has 1 N–H and O–H groups in total. The van der Waals surface area contributed by atoms with Crippen molar-refractivity contribution in [3.05, 3.63) is 65.5 Å². The summed E-state index contributed by atoms with van der Waals surface area (Å²) in [5.41, 5.74) is 4.07. The number of benzene rings is 2. The van der Waals surface area contributed by atoms with Crippen molar-refractivity contribution in [1.82, 2.24) is 14.9 Å². The van der Waals surface area contributed by atoms with Crippen molar-refractivity contribution in [2.75, 3.05) is 26.0 Å². The van der Waals surface area contributed by atoms with Crippen LogP contribution in [0.2, 0.25) is 0 Å². The molecule has 1 atom stereocenters. The molecular weight excluding hydrogens is 394 g/mol. The minimum absolute atomic E-state index is 0.220. The van der Waals surface area contributed by atoms with Crippen LogP contribution in [-0.4, -0.2) is 47.0 Å². The Labute approximate surface area is 183 Å². The maximum atomic E-state index is 6.65. The van der Waals surface area contributed by atoms with E-state index in [1.165, 1.54) is 0 Å². The van der Waals surface area contributed by atoms with E-state index in [0.717, 1.165) is 66.8 Å². The average Bonchev–Trinajstić information content (AvgIpc) is 3.20. The Morgan fingerprint density at radius 2 is 2.03 bits per heavy atom. The lowest BCUT2D eigenvalue weighted by molar-refractivity contribution is -0.0264. The summed E-state index contributed by atoms with van der Waals surface area (Å²) in [5.74, 6) is 7.97. The van der Waals surface area contributed by atoms with Crippen molar-refractivity contribution in [2.24, 2.45) is 0 Å². The summed E-state index contributed by atoms with van der Waals surface area (Å²) in [7, 11) is 2.17. The Hall–Kier alpha value is -2.32. The number of unbranched alkanes of at least 4 members (excludes halogenated alkanes) is 1. The van der Waals surface area contributed by atoms with E-state index in [1.54, 1.807) is 0 Å². The van der Waals surface area contributed by atoms with E-state index in [9.17, 15) is 0 Å². The molecule has 5 heteroatoms. The summed E-state index contributed by atoms with van der Waals surface area (Å²) in [6.07, 6.45) is 3.77. The van der Waals surface area contributed by atoms with Gasteiger partial charge in [-0.3, -0.25) is 0 Å². The van der Waals surface area contributed by atoms with Crippen LogP contribution in [-0.2, 0) is 4.74 Å². The van der Waals surface area contributed by atoms with Gasteiger partial charge in [0.1, 0.15) is 11.9 Å². The van der Waals surface area contributed by atoms with Crippen molar-refractivity contribution in [3.63, 3.8) is 0 Å². The van der Waals surface area contributed by atoms with Gasteiger partial charge in [-0.1, -0.05) is 36.1 Å². The molecule has 3 aromatic rings. The van der Waals surface area contributed by atoms with Gasteiger partial charge in [0.25, 0.3) is 0 Å². The summed E-state index contributed by atoms with van der Waals surface area (Å²) in [6, 6.07) is 16.4. The Morgan fingerprint density at radius 1 is 1.20 bits per heavy atom. The lowest BCUT2D eigenvalue weighted by atomic mass is 10.0. The number of alkyl halides is 1. The second-order valence-corrected chi connectivity index (χ2v) is 8.26. The van der Waals surface area contributed by atoms with Crippen LogP contribution < -0.4 is 0 Å². The topological polar surface area (TPSA) is 41.1 Å². The lowest BCUT2D eigenvalue weighted by Gasteiger charge is -2.31. The highest BCUT2D eigenvalue weighted by atomic mass is 35.5. The van der Waals surface area contributed by atoms with Crippen LogP contribution in [0.15, 0.2) is 48.5 Å². The first-order valence-electron chi connectivity index (χ1n) is 10.7. The van der Waals surface area contributed by atoms with Crippen LogP contribution in [0, 0.1) is 11.8 Å². The fourth-order valence-electron chi connectivity index (χ4n) is 3.81. The second kappa shape index (κ2) is 10.1. The molecule has 1 aromatic heterocycles. The van der Waals surface area contributed by atoms with Gasteiger partial charge in [-0.15, -0.1) is 11.6 Å². The highest BCUT2D eigenvalue weighted by Gasteiger charge is 2.26. The Kier molecular flexibility index (Phi) is 7.07. The standard InChI is InChI=1S/C25H28ClN3O/c1-29-16-13-21(14-17-29)30-24(25-27-22-11-4-5-12-23(22)28-25)20-10-7-9-19(18-20)8-3-2-6-15-26/h4-5,7,9-12,18,21,24H,2,6,13-17H2,1H3,(H,27,28). The number of H-pyrrole nitrogens is 1. The first kappa shape index (κ1) is 20.9. The minimum atomic E-state index is -0.240. The molecule has 0 bridgehead atoms. The number of para-hydroxylation sites is 2. The molecule has 0 aliphatic carbocycles. The number of imidazole rings is 1. The lowest BCUT2D eigenvalue weighted by Crippen LogP contribution is -2.35. The van der Waals surface area contributed by atoms with Crippen molar-refractivity contribution in [1.29, 1.82) is 0 Å². The molecule has 1 unspecified atom stereocenters. The average molecular weight is 422 g/mol. The van der Waals surface area contributed by atoms with E-state index in [2.05, 4.69) is 53.0 Å². The summed E-state index contributed by atoms with van der Waals surface area (Å²) in [6.45, 7) is 2.12. The van der Waals surface area contributed by atoms with E-state index in [-0.39, 0.29) is 12.2 Å². The highest BCUT2D eigenvalue weighted by molar-refractivity contribution is 6.17. The largest absolute Gasteiger partial charge is 0.362 e. The van der Waals surface area contributed by atoms with Crippen molar-refractivity contribution in [2.45, 2.75) is 37.9 Å². The molecule has 0 radical (unpaired) electrons. The van der Waals surface area contributed by atoms with Gasteiger partial charge in [-0.05, 0) is 56.1 Å². The van der Waals surface area contributed by atoms with E-state index in [0.29, 0.717) is 5.88 Å². The molecule has 30 heavy (non-hydrogen) atoms. The molecule has 0 amide bonds. The Bertz CT molecular complexity index is 994. The zero-order valence-corrected chi connectivity index (χ0v) is 18.2. The third-order valence-corrected chi connectivity index (χ3v) is 5.77. The SMILES string of the molecule is CN1CCC(OC(c2cccc(C#CCCCCl)c2)c2nc3ccccc3[nH]2)CC1. The summed E-state index contributed by atoms with van der Waals surface area (Å²) in [4.78, 5) is 10.7. The fourth-order valence-corrected chi connectivity index (χ4v) is 3.94. The Morgan fingerprint density at radius 3 is 2.83 bits per heavy atom. The molecule has 1 aliphatic heterocycles. The molecular formula is C25H28ClN3O. The number of fused-ring (bicyclic) bond motifs is 1. The molecule has 0 spiro atoms. The van der Waals surface area contributed by atoms with Gasteiger partial charge in [0.05, 0.1) is 17.1 Å². The predicted molar refractivity (Wildman–Crippen MR) is 123 cm³/mol. The number of piperidine rings is 1. The third kappa shape index (κ3) is 5.23. The molecule has 4 rings (SSSR count). The third-order valence-electron chi connectivity index (χ3n) is 5.51. The number of aromatic nitrogens is 2. The van der Waals surface area contributed by atoms with Gasteiger partial charge in [0.2, 0.25) is 0 Å². The van der Waals surface area contributed by atoms with Gasteiger partial charge >= 0.3 is 0 Å². The fraction of sp³-hybridized carbons (Fsp3) is 0.400. The van der Waals surface area contributed by atoms with Crippen LogP contribution in [0.25, 0.3) is 11.0 Å². The molecule has 1 fully saturated rings. The number of halogens is 1. The van der Waals surface area contributed by atoms with Gasteiger partial charge in [-0.25, -0.2) is 4.98 Å². The number of nitrogens with zero attached hydrogens (tertiary/aromatic N) is 2. The van der Waals surface area contributed by atoms with Gasteiger partial charge in [0, 0.05) is 31.0 Å². The van der Waals surface area contributed by atoms with Crippen LogP contribution in [0.5, 0.6) is 0 Å². The second-order valence-electron chi connectivity index (χ2n) is 7.88. The maximum Gasteiger partial charge on any atom is 0.141 e. The van der Waals surface area contributed by atoms with Crippen LogP contribution in [0.4, 0.5) is 0 Å². The number of ether oxygens (including phenoxy) is 1. The monoisotopic (exact) mass is 421 g/mol. The van der Waals surface area contributed by atoms with E-state index < -0.39 is 0 Å². The van der Waals surface area contributed by atoms with Crippen molar-refractivity contribution in [3.8, 4) is 11.8 Å². The summed E-state index contributed by atoms with van der Waals surface area (Å²) < 4.78 is 6.65. The Balaban J connectivity index is 1.63. The van der Waals surface area contributed by atoms with Crippen molar-refractivity contribution >= 4 is 22.6 Å². The molecule has 1 saturated heterocycles. The maximum absolute atomic E-state index is 6.65. The van der Waals surface area contributed by atoms with Gasteiger partial charge in [-0.2, -0.15) is 0 Å². The van der Waals surface area contributed by atoms with E-state index in [4.69, 9.17) is 21.3 Å². The summed E-state index contributed by atoms with van der Waals surface area (Å²) in [5, 5.41) is 0. The molecule has 2 heterocycles. The smallest absolute Gasteiger partial charge is 0.141 e. The number of likely N-dealkylation sites (tertiary alicyclic amines) is 1. The van der Waals surface area contributed by atoms with Gasteiger partial charge in [0.15, 0.2) is 0 Å².